The van der Waals surface area contributed by atoms with Gasteiger partial charge in [-0.2, -0.15) is 0 Å². The predicted octanol–water partition coefficient (Wildman–Crippen LogP) is 1.39. The maximum Gasteiger partial charge on any atom is 0.332 e. The van der Waals surface area contributed by atoms with Crippen molar-refractivity contribution in [1.82, 2.24) is 10.3 Å². The number of hydrogen-bond donors (Lipinski definition) is 3. The van der Waals surface area contributed by atoms with Crippen molar-refractivity contribution in [2.75, 3.05) is 13.2 Å². The van der Waals surface area contributed by atoms with Crippen molar-refractivity contribution in [3.05, 3.63) is 36.0 Å². The Hall–Kier alpha value is -2.34. The summed E-state index contributed by atoms with van der Waals surface area (Å²) in [6.07, 6.45) is 0.940. The lowest BCUT2D eigenvalue weighted by Gasteiger charge is -2.09. The van der Waals surface area contributed by atoms with Gasteiger partial charge in [0.15, 0.2) is 6.10 Å². The molecule has 0 aliphatic carbocycles. The molecule has 0 radical (unpaired) electrons. The first kappa shape index (κ1) is 14.1. The molecule has 1 amide bonds. The Kier molecular flexibility index (Phi) is 4.37. The van der Waals surface area contributed by atoms with Crippen LogP contribution >= 0.6 is 0 Å². The van der Waals surface area contributed by atoms with Crippen LogP contribution in [-0.2, 0) is 9.53 Å². The Morgan fingerprint density at radius 1 is 1.40 bits per heavy atom. The Balaban J connectivity index is 1.84. The van der Waals surface area contributed by atoms with E-state index in [1.165, 1.54) is 6.92 Å². The van der Waals surface area contributed by atoms with E-state index in [0.717, 1.165) is 10.9 Å². The van der Waals surface area contributed by atoms with Crippen molar-refractivity contribution in [2.45, 2.75) is 13.0 Å². The van der Waals surface area contributed by atoms with Crippen molar-refractivity contribution in [3.63, 3.8) is 0 Å². The third-order valence-corrected chi connectivity index (χ3v) is 2.92. The molecule has 0 aliphatic heterocycles. The third-order valence-electron chi connectivity index (χ3n) is 2.92. The van der Waals surface area contributed by atoms with Gasteiger partial charge >= 0.3 is 5.97 Å². The maximum atomic E-state index is 11.9. The molecule has 2 rings (SSSR count). The first-order valence-electron chi connectivity index (χ1n) is 6.27. The molecule has 6 heteroatoms. The van der Waals surface area contributed by atoms with Gasteiger partial charge in [0.05, 0.1) is 6.61 Å². The summed E-state index contributed by atoms with van der Waals surface area (Å²) < 4.78 is 5.03. The highest BCUT2D eigenvalue weighted by Gasteiger charge is 2.11. The number of carbonyl (C=O) groups is 2. The Morgan fingerprint density at radius 2 is 2.20 bits per heavy atom. The summed E-state index contributed by atoms with van der Waals surface area (Å²) in [7, 11) is 0. The van der Waals surface area contributed by atoms with Gasteiger partial charge in [0.2, 0.25) is 0 Å². The number of rotatable bonds is 6. The molecule has 1 atom stereocenters. The molecule has 1 aromatic heterocycles. The van der Waals surface area contributed by atoms with E-state index in [1.807, 2.05) is 18.3 Å². The smallest absolute Gasteiger partial charge is 0.332 e. The predicted molar refractivity (Wildman–Crippen MR) is 73.7 cm³/mol. The Bertz CT molecular complexity index is 620. The number of nitrogens with one attached hydrogen (secondary N) is 2. The van der Waals surface area contributed by atoms with Crippen molar-refractivity contribution in [2.24, 2.45) is 0 Å². The van der Waals surface area contributed by atoms with Crippen molar-refractivity contribution in [1.29, 1.82) is 0 Å². The van der Waals surface area contributed by atoms with Crippen molar-refractivity contribution >= 4 is 22.8 Å². The lowest BCUT2D eigenvalue weighted by atomic mass is 10.1. The number of H-pyrrole nitrogens is 1. The van der Waals surface area contributed by atoms with Crippen molar-refractivity contribution in [3.8, 4) is 0 Å². The third kappa shape index (κ3) is 3.36. The molecular weight excluding hydrogens is 260 g/mol. The summed E-state index contributed by atoms with van der Waals surface area (Å²) in [6.45, 7) is 1.87. The van der Waals surface area contributed by atoms with Gasteiger partial charge in [-0.05, 0) is 30.5 Å². The van der Waals surface area contributed by atoms with Gasteiger partial charge in [-0.15, -0.1) is 0 Å². The minimum atomic E-state index is -1.02. The molecule has 20 heavy (non-hydrogen) atoms. The summed E-state index contributed by atoms with van der Waals surface area (Å²) >= 11 is 0. The number of hydrogen-bond acceptors (Lipinski definition) is 3. The zero-order chi connectivity index (χ0) is 14.5. The number of carbonyl (C=O) groups excluding carboxylic acids is 1. The van der Waals surface area contributed by atoms with E-state index in [0.29, 0.717) is 5.56 Å². The van der Waals surface area contributed by atoms with Crippen LogP contribution in [0.4, 0.5) is 0 Å². The SMILES string of the molecule is CC(OCCNC(=O)c1ccc2cc[nH]c2c1)C(=O)O. The summed E-state index contributed by atoms with van der Waals surface area (Å²) in [4.78, 5) is 25.5. The monoisotopic (exact) mass is 276 g/mol. The molecule has 1 heterocycles. The second-order valence-corrected chi connectivity index (χ2v) is 4.39. The highest BCUT2D eigenvalue weighted by Crippen LogP contribution is 2.13. The lowest BCUT2D eigenvalue weighted by molar-refractivity contribution is -0.148. The molecule has 0 saturated carbocycles. The van der Waals surface area contributed by atoms with Gasteiger partial charge < -0.3 is 20.1 Å². The number of carboxylic acid groups (broad SMARTS) is 1. The molecular formula is C14H16N2O4. The molecule has 0 fully saturated rings. The van der Waals surface area contributed by atoms with Gasteiger partial charge in [0, 0.05) is 23.8 Å². The van der Waals surface area contributed by atoms with Gasteiger partial charge in [-0.25, -0.2) is 4.79 Å². The minimum Gasteiger partial charge on any atom is -0.479 e. The molecule has 2 aromatic rings. The van der Waals surface area contributed by atoms with Crippen LogP contribution in [0, 0.1) is 0 Å². The van der Waals surface area contributed by atoms with E-state index < -0.39 is 12.1 Å². The fourth-order valence-corrected chi connectivity index (χ4v) is 1.76. The number of benzene rings is 1. The second kappa shape index (κ2) is 6.21. The summed E-state index contributed by atoms with van der Waals surface area (Å²) in [5, 5.41) is 12.4. The average molecular weight is 276 g/mol. The molecule has 0 saturated heterocycles. The van der Waals surface area contributed by atoms with Crippen LogP contribution < -0.4 is 5.32 Å². The van der Waals surface area contributed by atoms with Gasteiger partial charge in [-0.3, -0.25) is 4.79 Å². The largest absolute Gasteiger partial charge is 0.479 e. The fraction of sp³-hybridized carbons (Fsp3) is 0.286. The number of carboxylic acids is 1. The maximum absolute atomic E-state index is 11.9. The van der Waals surface area contributed by atoms with Gasteiger partial charge in [-0.1, -0.05) is 6.07 Å². The normalized spacial score (nSPS) is 12.2. The molecule has 0 spiro atoms. The number of amides is 1. The van der Waals surface area contributed by atoms with E-state index in [9.17, 15) is 9.59 Å². The first-order valence-corrected chi connectivity index (χ1v) is 6.27. The number of aromatic nitrogens is 1. The minimum absolute atomic E-state index is 0.157. The fourth-order valence-electron chi connectivity index (χ4n) is 1.76. The summed E-state index contributed by atoms with van der Waals surface area (Å²) in [5.74, 6) is -1.23. The highest BCUT2D eigenvalue weighted by molar-refractivity contribution is 5.97. The standard InChI is InChI=1S/C14H16N2O4/c1-9(14(18)19)20-7-6-16-13(17)11-3-2-10-4-5-15-12(10)8-11/h2-5,8-9,15H,6-7H2,1H3,(H,16,17)(H,18,19). The van der Waals surface area contributed by atoms with Crippen LogP contribution in [-0.4, -0.2) is 41.2 Å². The first-order chi connectivity index (χ1) is 9.58. The summed E-state index contributed by atoms with van der Waals surface area (Å²) in [6, 6.07) is 7.31. The van der Waals surface area contributed by atoms with Gasteiger partial charge in [0.25, 0.3) is 5.91 Å². The van der Waals surface area contributed by atoms with E-state index in [4.69, 9.17) is 9.84 Å². The lowest BCUT2D eigenvalue weighted by Crippen LogP contribution is -2.30. The number of aromatic amines is 1. The van der Waals surface area contributed by atoms with Gasteiger partial charge in [0.1, 0.15) is 0 Å². The van der Waals surface area contributed by atoms with E-state index in [-0.39, 0.29) is 19.1 Å². The van der Waals surface area contributed by atoms with Crippen LogP contribution in [0.5, 0.6) is 0 Å². The quantitative estimate of drug-likeness (QED) is 0.695. The number of fused-ring (bicyclic) bond motifs is 1. The molecule has 0 bridgehead atoms. The van der Waals surface area contributed by atoms with E-state index >= 15 is 0 Å². The Morgan fingerprint density at radius 3 is 2.95 bits per heavy atom. The van der Waals surface area contributed by atoms with Crippen LogP contribution in [0.2, 0.25) is 0 Å². The topological polar surface area (TPSA) is 91.4 Å². The zero-order valence-electron chi connectivity index (χ0n) is 11.1. The van der Waals surface area contributed by atoms with Crippen LogP contribution in [0.3, 0.4) is 0 Å². The number of ether oxygens (including phenoxy) is 1. The molecule has 0 aliphatic rings. The second-order valence-electron chi connectivity index (χ2n) is 4.39. The zero-order valence-corrected chi connectivity index (χ0v) is 11.1. The Labute approximate surface area is 115 Å². The highest BCUT2D eigenvalue weighted by atomic mass is 16.5. The molecule has 106 valence electrons. The van der Waals surface area contributed by atoms with Crippen LogP contribution in [0.15, 0.2) is 30.5 Å². The molecule has 3 N–H and O–H groups in total. The van der Waals surface area contributed by atoms with Crippen LogP contribution in [0.1, 0.15) is 17.3 Å². The van der Waals surface area contributed by atoms with E-state index in [2.05, 4.69) is 10.3 Å². The average Bonchev–Trinajstić information content (AvgIpc) is 2.90. The number of aliphatic carboxylic acids is 1. The summed E-state index contributed by atoms with van der Waals surface area (Å²) in [5.41, 5.74) is 1.44. The molecule has 6 nitrogen and oxygen atoms in total. The van der Waals surface area contributed by atoms with E-state index in [1.54, 1.807) is 12.1 Å². The van der Waals surface area contributed by atoms with Crippen LogP contribution in [0.25, 0.3) is 10.9 Å². The molecule has 1 aromatic carbocycles. The van der Waals surface area contributed by atoms with Crippen molar-refractivity contribution < 1.29 is 19.4 Å². The molecule has 1 unspecified atom stereocenters.